The van der Waals surface area contributed by atoms with Crippen molar-refractivity contribution in [2.45, 2.75) is 86.7 Å². The zero-order chi connectivity index (χ0) is 27.5. The van der Waals surface area contributed by atoms with Crippen molar-refractivity contribution in [3.05, 3.63) is 52.6 Å². The van der Waals surface area contributed by atoms with Crippen molar-refractivity contribution in [2.75, 3.05) is 17.7 Å². The van der Waals surface area contributed by atoms with Crippen molar-refractivity contribution >= 4 is 23.2 Å². The van der Waals surface area contributed by atoms with E-state index < -0.39 is 0 Å². The number of methoxy groups -OCH3 is 1. The lowest BCUT2D eigenvalue weighted by molar-refractivity contribution is -0.121. The Morgan fingerprint density at radius 3 is 2.24 bits per heavy atom. The predicted molar refractivity (Wildman–Crippen MR) is 152 cm³/mol. The Morgan fingerprint density at radius 2 is 1.70 bits per heavy atom. The average Bonchev–Trinajstić information content (AvgIpc) is 2.89. The van der Waals surface area contributed by atoms with E-state index in [0.717, 1.165) is 70.5 Å². The molecule has 6 heteroatoms. The van der Waals surface area contributed by atoms with Gasteiger partial charge in [-0.2, -0.15) is 0 Å². The van der Waals surface area contributed by atoms with Gasteiger partial charge < -0.3 is 20.5 Å². The summed E-state index contributed by atoms with van der Waals surface area (Å²) in [6.07, 6.45) is 6.51. The topological polar surface area (TPSA) is 87.7 Å². The van der Waals surface area contributed by atoms with Crippen molar-refractivity contribution < 1.29 is 19.4 Å². The van der Waals surface area contributed by atoms with E-state index in [1.807, 2.05) is 51.1 Å². The number of anilines is 2. The van der Waals surface area contributed by atoms with E-state index >= 15 is 0 Å². The highest BCUT2D eigenvalue weighted by Crippen LogP contribution is 2.35. The summed E-state index contributed by atoms with van der Waals surface area (Å²) < 4.78 is 5.31. The number of carbonyl (C=O) groups is 2. The molecule has 2 amide bonds. The third kappa shape index (κ3) is 8.89. The van der Waals surface area contributed by atoms with Gasteiger partial charge in [0.1, 0.15) is 5.75 Å². The maximum absolute atomic E-state index is 12.4. The number of hydrogen-bond acceptors (Lipinski definition) is 4. The molecular formula is C31H46N2O4. The Balaban J connectivity index is 0.000000281. The second kappa shape index (κ2) is 14.8. The molecule has 1 aliphatic carbocycles. The smallest absolute Gasteiger partial charge is 0.227 e. The molecule has 1 unspecified atom stereocenters. The molecule has 1 fully saturated rings. The zero-order valence-corrected chi connectivity index (χ0v) is 23.7. The molecule has 0 saturated heterocycles. The fourth-order valence-corrected chi connectivity index (χ4v) is 5.18. The summed E-state index contributed by atoms with van der Waals surface area (Å²) in [5.41, 5.74) is 5.78. The SMILES string of the molecule is CCC(C)C1CCC(C(=O)Nc2ccc(C)c(OC)c2)CC1.CCc1c(C)cc(CO)cc1NC(C)=O. The number of benzene rings is 2. The van der Waals surface area contributed by atoms with E-state index in [0.29, 0.717) is 0 Å². The molecule has 0 bridgehead atoms. The van der Waals surface area contributed by atoms with Gasteiger partial charge in [0.25, 0.3) is 0 Å². The van der Waals surface area contributed by atoms with Crippen molar-refractivity contribution in [2.24, 2.45) is 17.8 Å². The summed E-state index contributed by atoms with van der Waals surface area (Å²) in [5.74, 6) is 2.64. The molecule has 1 aliphatic rings. The van der Waals surface area contributed by atoms with Crippen LogP contribution in [0.1, 0.15) is 82.1 Å². The lowest BCUT2D eigenvalue weighted by Gasteiger charge is -2.31. The molecular weight excluding hydrogens is 464 g/mol. The molecule has 0 spiro atoms. The van der Waals surface area contributed by atoms with E-state index in [1.165, 1.54) is 26.2 Å². The van der Waals surface area contributed by atoms with Crippen LogP contribution in [0.25, 0.3) is 0 Å². The van der Waals surface area contributed by atoms with Gasteiger partial charge in [0.05, 0.1) is 13.7 Å². The number of hydrogen-bond donors (Lipinski definition) is 3. The maximum Gasteiger partial charge on any atom is 0.227 e. The number of ether oxygens (including phenoxy) is 1. The Hall–Kier alpha value is -2.86. The first-order valence-electron chi connectivity index (χ1n) is 13.6. The fraction of sp³-hybridized carbons (Fsp3) is 0.548. The van der Waals surface area contributed by atoms with Gasteiger partial charge >= 0.3 is 0 Å². The van der Waals surface area contributed by atoms with Crippen LogP contribution in [0, 0.1) is 31.6 Å². The van der Waals surface area contributed by atoms with Crippen LogP contribution < -0.4 is 15.4 Å². The Morgan fingerprint density at radius 1 is 1.03 bits per heavy atom. The number of aryl methyl sites for hydroxylation is 2. The van der Waals surface area contributed by atoms with Gasteiger partial charge in [0, 0.05) is 30.3 Å². The van der Waals surface area contributed by atoms with Crippen LogP contribution in [0.2, 0.25) is 0 Å². The van der Waals surface area contributed by atoms with Crippen LogP contribution >= 0.6 is 0 Å². The predicted octanol–water partition coefficient (Wildman–Crippen LogP) is 6.80. The largest absolute Gasteiger partial charge is 0.496 e. The molecule has 37 heavy (non-hydrogen) atoms. The highest BCUT2D eigenvalue weighted by molar-refractivity contribution is 5.93. The minimum Gasteiger partial charge on any atom is -0.496 e. The number of carbonyl (C=O) groups excluding carboxylic acids is 2. The van der Waals surface area contributed by atoms with Gasteiger partial charge in [-0.15, -0.1) is 0 Å². The van der Waals surface area contributed by atoms with Crippen LogP contribution in [-0.4, -0.2) is 24.0 Å². The van der Waals surface area contributed by atoms with Gasteiger partial charge in [-0.25, -0.2) is 0 Å². The molecule has 0 heterocycles. The molecule has 2 aromatic rings. The second-order valence-corrected chi connectivity index (χ2v) is 10.3. The molecule has 3 N–H and O–H groups in total. The molecule has 1 atom stereocenters. The Kier molecular flexibility index (Phi) is 12.1. The standard InChI is InChI=1S/C19H29NO2.C12H17NO2/c1-5-13(2)15-7-9-16(10-8-15)19(21)20-17-11-6-14(3)18(12-17)22-4;1-4-11-8(2)5-10(7-14)6-12(11)13-9(3)15/h6,11-13,15-16H,5,7-10H2,1-4H3,(H,20,21);5-6,14H,4,7H2,1-3H3,(H,13,15). The minimum atomic E-state index is -0.0841. The zero-order valence-electron chi connectivity index (χ0n) is 23.7. The van der Waals surface area contributed by atoms with Crippen LogP contribution in [0.15, 0.2) is 30.3 Å². The summed E-state index contributed by atoms with van der Waals surface area (Å²) >= 11 is 0. The van der Waals surface area contributed by atoms with Gasteiger partial charge in [-0.3, -0.25) is 9.59 Å². The molecule has 2 aromatic carbocycles. The quantitative estimate of drug-likeness (QED) is 0.364. The lowest BCUT2D eigenvalue weighted by Crippen LogP contribution is -2.28. The van der Waals surface area contributed by atoms with E-state index in [2.05, 4.69) is 24.5 Å². The summed E-state index contributed by atoms with van der Waals surface area (Å²) in [5, 5.41) is 14.9. The van der Waals surface area contributed by atoms with Crippen molar-refractivity contribution in [3.8, 4) is 5.75 Å². The number of nitrogens with one attached hydrogen (secondary N) is 2. The fourth-order valence-electron chi connectivity index (χ4n) is 5.18. The third-order valence-electron chi connectivity index (χ3n) is 7.65. The Bertz CT molecular complexity index is 1040. The summed E-state index contributed by atoms with van der Waals surface area (Å²) in [4.78, 5) is 23.5. The number of aliphatic hydroxyl groups is 1. The van der Waals surface area contributed by atoms with Crippen molar-refractivity contribution in [3.63, 3.8) is 0 Å². The molecule has 204 valence electrons. The molecule has 6 nitrogen and oxygen atoms in total. The summed E-state index contributed by atoms with van der Waals surface area (Å²) in [6.45, 7) is 12.1. The molecule has 1 saturated carbocycles. The molecule has 0 radical (unpaired) electrons. The van der Waals surface area contributed by atoms with Crippen LogP contribution in [-0.2, 0) is 22.6 Å². The normalized spacial score (nSPS) is 17.7. The first-order chi connectivity index (χ1) is 17.6. The number of aliphatic hydroxyl groups excluding tert-OH is 1. The number of rotatable bonds is 8. The monoisotopic (exact) mass is 510 g/mol. The van der Waals surface area contributed by atoms with E-state index in [1.54, 1.807) is 7.11 Å². The first-order valence-corrected chi connectivity index (χ1v) is 13.6. The molecule has 0 aromatic heterocycles. The van der Waals surface area contributed by atoms with E-state index in [9.17, 15) is 9.59 Å². The highest BCUT2D eigenvalue weighted by Gasteiger charge is 2.28. The average molecular weight is 511 g/mol. The van der Waals surface area contributed by atoms with E-state index in [4.69, 9.17) is 9.84 Å². The van der Waals surface area contributed by atoms with Gasteiger partial charge in [0.2, 0.25) is 11.8 Å². The van der Waals surface area contributed by atoms with Crippen molar-refractivity contribution in [1.29, 1.82) is 0 Å². The van der Waals surface area contributed by atoms with Crippen LogP contribution in [0.3, 0.4) is 0 Å². The lowest BCUT2D eigenvalue weighted by atomic mass is 9.75. The third-order valence-corrected chi connectivity index (χ3v) is 7.65. The van der Waals surface area contributed by atoms with Gasteiger partial charge in [0.15, 0.2) is 0 Å². The van der Waals surface area contributed by atoms with Crippen molar-refractivity contribution in [1.82, 2.24) is 0 Å². The highest BCUT2D eigenvalue weighted by atomic mass is 16.5. The minimum absolute atomic E-state index is 0.00256. The Labute approximate surface area is 223 Å². The van der Waals surface area contributed by atoms with Crippen LogP contribution in [0.4, 0.5) is 11.4 Å². The second-order valence-electron chi connectivity index (χ2n) is 10.3. The van der Waals surface area contributed by atoms with Gasteiger partial charge in [-0.05, 0) is 92.2 Å². The summed E-state index contributed by atoms with van der Waals surface area (Å²) in [7, 11) is 1.66. The van der Waals surface area contributed by atoms with Gasteiger partial charge in [-0.1, -0.05) is 39.3 Å². The van der Waals surface area contributed by atoms with Crippen LogP contribution in [0.5, 0.6) is 5.75 Å². The number of amides is 2. The molecule has 0 aliphatic heterocycles. The summed E-state index contributed by atoms with van der Waals surface area (Å²) in [6, 6.07) is 9.60. The van der Waals surface area contributed by atoms with E-state index in [-0.39, 0.29) is 24.3 Å². The first kappa shape index (κ1) is 30.4. The maximum atomic E-state index is 12.4. The molecule has 3 rings (SSSR count).